The summed E-state index contributed by atoms with van der Waals surface area (Å²) in [6, 6.07) is 0.647. The molecule has 0 saturated heterocycles. The Bertz CT molecular complexity index is 467. The van der Waals surface area contributed by atoms with Gasteiger partial charge in [0.15, 0.2) is 5.16 Å². The van der Waals surface area contributed by atoms with E-state index in [1.54, 1.807) is 11.8 Å². The summed E-state index contributed by atoms with van der Waals surface area (Å²) in [7, 11) is 0. The maximum atomic E-state index is 10.1. The summed E-state index contributed by atoms with van der Waals surface area (Å²) in [4.78, 5) is 0. The minimum absolute atomic E-state index is 0.160. The summed E-state index contributed by atoms with van der Waals surface area (Å²) in [5.74, 6) is 1.88. The Hall–Kier alpha value is -0.550. The van der Waals surface area contributed by atoms with Gasteiger partial charge in [-0.05, 0) is 38.5 Å². The molecule has 4 rings (SSSR count). The van der Waals surface area contributed by atoms with Gasteiger partial charge in [-0.1, -0.05) is 24.6 Å². The molecular weight excluding hydrogens is 258 g/mol. The van der Waals surface area contributed by atoms with Gasteiger partial charge in [-0.15, -0.1) is 10.2 Å². The van der Waals surface area contributed by atoms with Gasteiger partial charge in [0.25, 0.3) is 0 Å². The van der Waals surface area contributed by atoms with Crippen LogP contribution in [0.2, 0.25) is 0 Å². The molecule has 19 heavy (non-hydrogen) atoms. The van der Waals surface area contributed by atoms with Crippen LogP contribution in [0.1, 0.15) is 69.2 Å². The lowest BCUT2D eigenvalue weighted by molar-refractivity contribution is 0.136. The zero-order valence-corrected chi connectivity index (χ0v) is 12.0. The highest BCUT2D eigenvalue weighted by Gasteiger charge is 2.37. The molecule has 1 heterocycles. The highest BCUT2D eigenvalue weighted by atomic mass is 32.2. The van der Waals surface area contributed by atoms with Crippen LogP contribution in [0.25, 0.3) is 0 Å². The molecule has 3 fully saturated rings. The van der Waals surface area contributed by atoms with Gasteiger partial charge in [0.1, 0.15) is 5.82 Å². The lowest BCUT2D eigenvalue weighted by Crippen LogP contribution is -2.27. The number of aliphatic hydroxyl groups is 1. The van der Waals surface area contributed by atoms with Gasteiger partial charge in [0.05, 0.1) is 6.10 Å². The van der Waals surface area contributed by atoms with Crippen LogP contribution in [-0.4, -0.2) is 31.2 Å². The van der Waals surface area contributed by atoms with E-state index in [1.807, 2.05) is 0 Å². The second kappa shape index (κ2) is 4.77. The second-order valence-electron chi connectivity index (χ2n) is 6.22. The van der Waals surface area contributed by atoms with Crippen molar-refractivity contribution in [3.8, 4) is 0 Å². The van der Waals surface area contributed by atoms with Crippen LogP contribution in [-0.2, 0) is 0 Å². The average molecular weight is 279 g/mol. The van der Waals surface area contributed by atoms with Crippen molar-refractivity contribution in [1.29, 1.82) is 0 Å². The molecule has 5 heteroatoms. The fourth-order valence-electron chi connectivity index (χ4n) is 3.01. The number of aliphatic hydroxyl groups excluding tert-OH is 1. The van der Waals surface area contributed by atoms with Crippen molar-refractivity contribution in [3.63, 3.8) is 0 Å². The first-order chi connectivity index (χ1) is 9.33. The third-order valence-electron chi connectivity index (χ3n) is 4.47. The van der Waals surface area contributed by atoms with Crippen molar-refractivity contribution in [1.82, 2.24) is 14.8 Å². The van der Waals surface area contributed by atoms with E-state index in [0.29, 0.717) is 17.2 Å². The maximum Gasteiger partial charge on any atom is 0.191 e. The van der Waals surface area contributed by atoms with E-state index in [9.17, 15) is 5.11 Å². The molecule has 0 spiro atoms. The summed E-state index contributed by atoms with van der Waals surface area (Å²) in [5.41, 5.74) is 0. The molecule has 0 aliphatic heterocycles. The lowest BCUT2D eigenvalue weighted by atomic mass is 9.97. The van der Waals surface area contributed by atoms with Crippen LogP contribution in [0, 0.1) is 0 Å². The van der Waals surface area contributed by atoms with E-state index in [-0.39, 0.29) is 6.10 Å². The Labute approximate surface area is 118 Å². The van der Waals surface area contributed by atoms with Crippen LogP contribution in [0.3, 0.4) is 0 Å². The zero-order chi connectivity index (χ0) is 12.8. The molecule has 0 aromatic carbocycles. The summed E-state index contributed by atoms with van der Waals surface area (Å²) in [6.45, 7) is 0. The average Bonchev–Trinajstić information content (AvgIpc) is 3.32. The number of rotatable bonds is 4. The fraction of sp³-hybridized carbons (Fsp3) is 0.857. The van der Waals surface area contributed by atoms with Crippen LogP contribution in [0.4, 0.5) is 0 Å². The van der Waals surface area contributed by atoms with Gasteiger partial charge in [-0.2, -0.15) is 0 Å². The summed E-state index contributed by atoms with van der Waals surface area (Å²) >= 11 is 1.77. The van der Waals surface area contributed by atoms with E-state index >= 15 is 0 Å². The molecule has 3 aliphatic rings. The molecular formula is C14H21N3OS. The van der Waals surface area contributed by atoms with Gasteiger partial charge < -0.3 is 9.67 Å². The molecule has 0 amide bonds. The van der Waals surface area contributed by atoms with Crippen molar-refractivity contribution in [2.45, 2.75) is 79.8 Å². The first-order valence-corrected chi connectivity index (χ1v) is 8.50. The van der Waals surface area contributed by atoms with Crippen LogP contribution in [0.15, 0.2) is 5.16 Å². The summed E-state index contributed by atoms with van der Waals surface area (Å²) < 4.78 is 2.39. The number of nitrogens with zero attached hydrogens (tertiary/aromatic N) is 3. The Morgan fingerprint density at radius 2 is 1.79 bits per heavy atom. The highest BCUT2D eigenvalue weighted by Crippen LogP contribution is 2.47. The minimum atomic E-state index is -0.160. The van der Waals surface area contributed by atoms with E-state index < -0.39 is 0 Å². The highest BCUT2D eigenvalue weighted by molar-refractivity contribution is 7.99. The molecule has 1 aromatic rings. The quantitative estimate of drug-likeness (QED) is 0.920. The van der Waals surface area contributed by atoms with Crippen LogP contribution < -0.4 is 0 Å². The van der Waals surface area contributed by atoms with Gasteiger partial charge in [0, 0.05) is 17.2 Å². The molecule has 2 atom stereocenters. The van der Waals surface area contributed by atoms with Gasteiger partial charge in [0.2, 0.25) is 0 Å². The predicted octanol–water partition coefficient (Wildman–Crippen LogP) is 2.89. The molecule has 104 valence electrons. The number of hydrogen-bond donors (Lipinski definition) is 1. The summed E-state index contributed by atoms with van der Waals surface area (Å²) in [5, 5.41) is 20.4. The zero-order valence-electron chi connectivity index (χ0n) is 11.2. The third kappa shape index (κ3) is 2.42. The molecule has 0 radical (unpaired) electrons. The van der Waals surface area contributed by atoms with Crippen LogP contribution in [0.5, 0.6) is 0 Å². The largest absolute Gasteiger partial charge is 0.392 e. The van der Waals surface area contributed by atoms with Gasteiger partial charge in [-0.25, -0.2) is 0 Å². The van der Waals surface area contributed by atoms with Gasteiger partial charge >= 0.3 is 0 Å². The Morgan fingerprint density at radius 3 is 2.47 bits per heavy atom. The predicted molar refractivity (Wildman–Crippen MR) is 74.4 cm³/mol. The van der Waals surface area contributed by atoms with E-state index in [4.69, 9.17) is 0 Å². The molecule has 1 aromatic heterocycles. The van der Waals surface area contributed by atoms with Crippen molar-refractivity contribution in [2.75, 3.05) is 0 Å². The van der Waals surface area contributed by atoms with Crippen molar-refractivity contribution in [3.05, 3.63) is 5.82 Å². The maximum absolute atomic E-state index is 10.1. The van der Waals surface area contributed by atoms with E-state index in [2.05, 4.69) is 14.8 Å². The monoisotopic (exact) mass is 279 g/mol. The Kier molecular flexibility index (Phi) is 3.07. The van der Waals surface area contributed by atoms with Crippen molar-refractivity contribution >= 4 is 11.8 Å². The Balaban J connectivity index is 1.56. The number of hydrogen-bond acceptors (Lipinski definition) is 4. The molecule has 0 unspecified atom stereocenters. The van der Waals surface area contributed by atoms with Crippen molar-refractivity contribution in [2.24, 2.45) is 0 Å². The molecule has 3 aliphatic carbocycles. The fourth-order valence-corrected chi connectivity index (χ4v) is 4.31. The minimum Gasteiger partial charge on any atom is -0.392 e. The third-order valence-corrected chi connectivity index (χ3v) is 5.81. The first kappa shape index (κ1) is 12.2. The smallest absolute Gasteiger partial charge is 0.191 e. The number of aromatic nitrogens is 3. The van der Waals surface area contributed by atoms with E-state index in [1.165, 1.54) is 44.3 Å². The normalized spacial score (nSPS) is 31.6. The number of thioether (sulfide) groups is 1. The molecule has 1 N–H and O–H groups in total. The SMILES string of the molecule is O[C@H]1CCCC[C@@H]1Sc1nnc(C2CC2)n1C1CC1. The van der Waals surface area contributed by atoms with Crippen LogP contribution >= 0.6 is 11.8 Å². The standard InChI is InChI=1S/C14H21N3OS/c18-11-3-1-2-4-12(11)19-14-16-15-13(9-5-6-9)17(14)10-7-8-10/h9-12,18H,1-8H2/t11-,12-/m0/s1. The first-order valence-electron chi connectivity index (χ1n) is 7.62. The second-order valence-corrected chi connectivity index (χ2v) is 7.43. The van der Waals surface area contributed by atoms with Gasteiger partial charge in [-0.3, -0.25) is 0 Å². The lowest BCUT2D eigenvalue weighted by Gasteiger charge is -2.26. The Morgan fingerprint density at radius 1 is 1.00 bits per heavy atom. The molecule has 3 saturated carbocycles. The summed E-state index contributed by atoms with van der Waals surface area (Å²) in [6.07, 6.45) is 9.42. The topological polar surface area (TPSA) is 50.9 Å². The van der Waals surface area contributed by atoms with E-state index in [0.717, 1.165) is 18.0 Å². The molecule has 4 nitrogen and oxygen atoms in total. The van der Waals surface area contributed by atoms with Crippen molar-refractivity contribution < 1.29 is 5.11 Å². The molecule has 0 bridgehead atoms.